The highest BCUT2D eigenvalue weighted by Crippen LogP contribution is 2.53. The summed E-state index contributed by atoms with van der Waals surface area (Å²) in [7, 11) is -7.81. The summed E-state index contributed by atoms with van der Waals surface area (Å²) in [5, 5.41) is -1.81. The summed E-state index contributed by atoms with van der Waals surface area (Å²) >= 11 is 0. The van der Waals surface area contributed by atoms with Crippen LogP contribution in [0.15, 0.2) is 120 Å². The van der Waals surface area contributed by atoms with Crippen LogP contribution in [-0.4, -0.2) is 33.1 Å². The van der Waals surface area contributed by atoms with Gasteiger partial charge in [-0.3, -0.25) is 4.79 Å². The lowest BCUT2D eigenvalue weighted by Crippen LogP contribution is -2.54. The highest BCUT2D eigenvalue weighted by atomic mass is 32.2. The summed E-state index contributed by atoms with van der Waals surface area (Å²) in [5.41, 5.74) is 4.52. The van der Waals surface area contributed by atoms with Crippen molar-refractivity contribution in [2.45, 2.75) is 72.7 Å². The highest BCUT2D eigenvalue weighted by Gasteiger charge is 2.56. The van der Waals surface area contributed by atoms with E-state index in [1.807, 2.05) is 38.1 Å². The Morgan fingerprint density at radius 3 is 1.84 bits per heavy atom. The molecule has 6 atom stereocenters. The summed E-state index contributed by atoms with van der Waals surface area (Å²) in [6.45, 7) is 13.6. The summed E-state index contributed by atoms with van der Waals surface area (Å²) in [4.78, 5) is 14.4. The lowest BCUT2D eigenvalue weighted by molar-refractivity contribution is -0.129. The minimum absolute atomic E-state index is 0.00419. The van der Waals surface area contributed by atoms with Gasteiger partial charge >= 0.3 is 0 Å². The van der Waals surface area contributed by atoms with Gasteiger partial charge in [0.25, 0.3) is 0 Å². The van der Waals surface area contributed by atoms with E-state index in [0.29, 0.717) is 5.57 Å². The van der Waals surface area contributed by atoms with Crippen LogP contribution >= 0.6 is 0 Å². The van der Waals surface area contributed by atoms with Crippen molar-refractivity contribution in [2.75, 3.05) is 0 Å². The molecule has 2 aliphatic rings. The number of fused-ring (bicyclic) bond motifs is 1. The van der Waals surface area contributed by atoms with E-state index in [-0.39, 0.29) is 34.8 Å². The smallest absolute Gasteiger partial charge is 0.182 e. The zero-order chi connectivity index (χ0) is 32.5. The molecule has 0 heterocycles. The van der Waals surface area contributed by atoms with Gasteiger partial charge in [-0.25, -0.2) is 16.8 Å². The molecule has 5 nitrogen and oxygen atoms in total. The number of rotatable bonds is 9. The van der Waals surface area contributed by atoms with Crippen LogP contribution < -0.4 is 0 Å². The van der Waals surface area contributed by atoms with Gasteiger partial charge in [-0.15, -0.1) is 0 Å². The maximum Gasteiger partial charge on any atom is 0.182 e. The van der Waals surface area contributed by atoms with Gasteiger partial charge in [0.1, 0.15) is 5.78 Å². The van der Waals surface area contributed by atoms with Crippen LogP contribution in [0.4, 0.5) is 0 Å². The van der Waals surface area contributed by atoms with E-state index in [9.17, 15) is 21.6 Å². The molecule has 3 aromatic rings. The Balaban J connectivity index is 1.68. The van der Waals surface area contributed by atoms with Crippen LogP contribution in [0.25, 0.3) is 0 Å². The lowest BCUT2D eigenvalue weighted by atomic mass is 9.61. The van der Waals surface area contributed by atoms with Crippen LogP contribution in [0.1, 0.15) is 54.4 Å². The van der Waals surface area contributed by atoms with Crippen molar-refractivity contribution < 1.29 is 21.6 Å². The average molecular weight is 643 g/mol. The average Bonchev–Trinajstić information content (AvgIpc) is 3.03. The monoisotopic (exact) mass is 642 g/mol. The van der Waals surface area contributed by atoms with E-state index in [2.05, 4.69) is 20.1 Å². The van der Waals surface area contributed by atoms with Gasteiger partial charge < -0.3 is 0 Å². The molecule has 0 radical (unpaired) electrons. The van der Waals surface area contributed by atoms with Crippen LogP contribution in [-0.2, 0) is 30.9 Å². The molecule has 0 aliphatic heterocycles. The fourth-order valence-electron chi connectivity index (χ4n) is 7.43. The van der Waals surface area contributed by atoms with Crippen molar-refractivity contribution in [2.24, 2.45) is 17.8 Å². The number of sulfone groups is 2. The first-order valence-corrected chi connectivity index (χ1v) is 18.7. The molecule has 45 heavy (non-hydrogen) atoms. The standard InChI is InChI=1S/C38H42O5S2/c1-6-9-28(8-3)33-23-36(39)34-24-37(44(40,41)30-18-10-25(4)11-19-30)32(29-16-14-27(7-2)15-17-29)22-35(34)38(33)45(42,43)31-20-12-26(5)13-21-31/h6,8-21,32-35,37-38H,1,3,7,22-24H2,2,4-5H3/b28-9+/t32?,33?,34-,35+,37?,38?/m1/s1. The number of benzene rings is 3. The van der Waals surface area contributed by atoms with Gasteiger partial charge in [0.2, 0.25) is 0 Å². The normalized spacial score (nSPS) is 25.8. The number of carbonyl (C=O) groups is 1. The maximum atomic E-state index is 14.6. The minimum atomic E-state index is -3.95. The molecule has 0 saturated heterocycles. The van der Waals surface area contributed by atoms with Crippen molar-refractivity contribution in [1.82, 2.24) is 0 Å². The number of carbonyl (C=O) groups excluding carboxylic acids is 1. The molecule has 236 valence electrons. The predicted molar refractivity (Wildman–Crippen MR) is 181 cm³/mol. The van der Waals surface area contributed by atoms with Gasteiger partial charge in [0.05, 0.1) is 20.3 Å². The SMILES string of the molecule is C=C/C=C(\C=C)C1CC(=O)[C@@H]2CC(S(=O)(=O)c3ccc(C)cc3)C(c3ccc(CC)cc3)C[C@@H]2C1S(=O)(=O)c1ccc(C)cc1. The summed E-state index contributed by atoms with van der Waals surface area (Å²) in [5.74, 6) is -2.52. The number of aryl methyl sites for hydroxylation is 3. The van der Waals surface area contributed by atoms with Gasteiger partial charge in [-0.2, -0.15) is 0 Å². The van der Waals surface area contributed by atoms with Crippen LogP contribution in [0.3, 0.4) is 0 Å². The van der Waals surface area contributed by atoms with Gasteiger partial charge in [-0.05, 0) is 80.0 Å². The second-order valence-electron chi connectivity index (χ2n) is 12.5. The van der Waals surface area contributed by atoms with E-state index in [1.54, 1.807) is 66.8 Å². The third kappa shape index (κ3) is 6.30. The Kier molecular flexibility index (Phi) is 9.52. The van der Waals surface area contributed by atoms with E-state index >= 15 is 0 Å². The predicted octanol–water partition coefficient (Wildman–Crippen LogP) is 7.55. The number of Topliss-reactive ketones (excluding diaryl/α,β-unsaturated/α-hetero) is 1. The Labute approximate surface area is 268 Å². The van der Waals surface area contributed by atoms with Crippen molar-refractivity contribution in [3.63, 3.8) is 0 Å². The topological polar surface area (TPSA) is 85.3 Å². The van der Waals surface area contributed by atoms with Crippen molar-refractivity contribution in [3.8, 4) is 0 Å². The van der Waals surface area contributed by atoms with Crippen LogP contribution in [0.2, 0.25) is 0 Å². The van der Waals surface area contributed by atoms with Gasteiger partial charge in [-0.1, -0.05) is 98.0 Å². The molecular weight excluding hydrogens is 601 g/mol. The zero-order valence-electron chi connectivity index (χ0n) is 26.2. The summed E-state index contributed by atoms with van der Waals surface area (Å²) < 4.78 is 58.0. The van der Waals surface area contributed by atoms with Crippen molar-refractivity contribution in [3.05, 3.63) is 132 Å². The molecule has 7 heteroatoms. The molecular formula is C38H42O5S2. The Morgan fingerprint density at radius 1 is 0.778 bits per heavy atom. The van der Waals surface area contributed by atoms with Crippen molar-refractivity contribution in [1.29, 1.82) is 0 Å². The molecule has 0 amide bonds. The number of hydrogen-bond acceptors (Lipinski definition) is 5. The molecule has 3 aromatic carbocycles. The first-order valence-electron chi connectivity index (χ1n) is 15.6. The second kappa shape index (κ2) is 13.1. The Bertz CT molecular complexity index is 1820. The molecule has 2 saturated carbocycles. The van der Waals surface area contributed by atoms with Gasteiger partial charge in [0.15, 0.2) is 19.7 Å². The molecule has 5 rings (SSSR count). The molecule has 0 bridgehead atoms. The third-order valence-corrected chi connectivity index (χ3v) is 14.4. The summed E-state index contributed by atoms with van der Waals surface area (Å²) in [6.07, 6.45) is 6.10. The first kappa shape index (κ1) is 32.8. The van der Waals surface area contributed by atoms with Crippen LogP contribution in [0, 0.1) is 31.6 Å². The molecule has 2 fully saturated rings. The fourth-order valence-corrected chi connectivity index (χ4v) is 11.7. The van der Waals surface area contributed by atoms with E-state index in [4.69, 9.17) is 0 Å². The van der Waals surface area contributed by atoms with E-state index in [1.165, 1.54) is 0 Å². The fraction of sp³-hybridized carbons (Fsp3) is 0.342. The quantitative estimate of drug-likeness (QED) is 0.225. The largest absolute Gasteiger partial charge is 0.299 e. The number of ketones is 1. The second-order valence-corrected chi connectivity index (χ2v) is 16.8. The maximum absolute atomic E-state index is 14.6. The Hall–Kier alpha value is -3.55. The summed E-state index contributed by atoms with van der Waals surface area (Å²) in [6, 6.07) is 21.6. The molecule has 0 N–H and O–H groups in total. The number of allylic oxidation sites excluding steroid dienone is 4. The molecule has 0 spiro atoms. The van der Waals surface area contributed by atoms with E-state index < -0.39 is 53.8 Å². The molecule has 4 unspecified atom stereocenters. The zero-order valence-corrected chi connectivity index (χ0v) is 27.9. The van der Waals surface area contributed by atoms with Crippen LogP contribution in [0.5, 0.6) is 0 Å². The highest BCUT2D eigenvalue weighted by molar-refractivity contribution is 7.92. The van der Waals surface area contributed by atoms with Crippen molar-refractivity contribution >= 4 is 25.5 Å². The lowest BCUT2D eigenvalue weighted by Gasteiger charge is -2.49. The minimum Gasteiger partial charge on any atom is -0.299 e. The third-order valence-electron chi connectivity index (χ3n) is 9.88. The first-order chi connectivity index (χ1) is 21.4. The van der Waals surface area contributed by atoms with E-state index in [0.717, 1.165) is 28.7 Å². The molecule has 0 aromatic heterocycles. The number of hydrogen-bond donors (Lipinski definition) is 0. The Morgan fingerprint density at radius 2 is 1.33 bits per heavy atom. The van der Waals surface area contributed by atoms with Gasteiger partial charge in [0, 0.05) is 24.2 Å². The molecule has 2 aliphatic carbocycles.